The van der Waals surface area contributed by atoms with Crippen molar-refractivity contribution in [3.63, 3.8) is 0 Å². The highest BCUT2D eigenvalue weighted by atomic mass is 79.9. The molecule has 2 fully saturated rings. The van der Waals surface area contributed by atoms with E-state index in [4.69, 9.17) is 0 Å². The molecule has 2 amide bonds. The van der Waals surface area contributed by atoms with Crippen LogP contribution in [0.2, 0.25) is 0 Å². The summed E-state index contributed by atoms with van der Waals surface area (Å²) in [5.41, 5.74) is 0.750. The minimum absolute atomic E-state index is 0.00546. The largest absolute Gasteiger partial charge is 0.342 e. The SMILES string of the molecule is O=C(C[C@@H]1[NH2+][C@H]2CCCC[C@@H]2NC1=O)Nc1ccc(Br)cc1. The van der Waals surface area contributed by atoms with Crippen LogP contribution in [0.15, 0.2) is 28.7 Å². The van der Waals surface area contributed by atoms with Gasteiger partial charge in [-0.05, 0) is 37.1 Å². The molecule has 1 aliphatic carbocycles. The van der Waals surface area contributed by atoms with Gasteiger partial charge in [-0.15, -0.1) is 0 Å². The van der Waals surface area contributed by atoms with E-state index in [9.17, 15) is 9.59 Å². The zero-order chi connectivity index (χ0) is 15.5. The highest BCUT2D eigenvalue weighted by Gasteiger charge is 2.40. The molecule has 6 heteroatoms. The lowest BCUT2D eigenvalue weighted by molar-refractivity contribution is -0.718. The number of nitrogens with one attached hydrogen (secondary N) is 2. The van der Waals surface area contributed by atoms with Gasteiger partial charge in [0.1, 0.15) is 6.04 Å². The van der Waals surface area contributed by atoms with Crippen LogP contribution in [0.4, 0.5) is 5.69 Å². The van der Waals surface area contributed by atoms with Crippen molar-refractivity contribution < 1.29 is 14.9 Å². The fourth-order valence-corrected chi connectivity index (χ4v) is 3.61. The van der Waals surface area contributed by atoms with Crippen LogP contribution in [0.5, 0.6) is 0 Å². The van der Waals surface area contributed by atoms with Gasteiger partial charge in [0.25, 0.3) is 5.91 Å². The lowest BCUT2D eigenvalue weighted by atomic mass is 9.87. The summed E-state index contributed by atoms with van der Waals surface area (Å²) in [5, 5.41) is 8.04. The summed E-state index contributed by atoms with van der Waals surface area (Å²) < 4.78 is 0.967. The predicted molar refractivity (Wildman–Crippen MR) is 87.3 cm³/mol. The Morgan fingerprint density at radius 3 is 2.77 bits per heavy atom. The Bertz CT molecular complexity index is 561. The van der Waals surface area contributed by atoms with Crippen LogP contribution in [0, 0.1) is 0 Å². The number of amides is 2. The number of hydrogen-bond donors (Lipinski definition) is 3. The average Bonchev–Trinajstić information content (AvgIpc) is 2.50. The molecule has 0 bridgehead atoms. The molecule has 1 saturated carbocycles. The molecule has 0 radical (unpaired) electrons. The highest BCUT2D eigenvalue weighted by Crippen LogP contribution is 2.19. The topological polar surface area (TPSA) is 74.8 Å². The van der Waals surface area contributed by atoms with Gasteiger partial charge in [-0.3, -0.25) is 9.59 Å². The van der Waals surface area contributed by atoms with E-state index in [-0.39, 0.29) is 30.3 Å². The van der Waals surface area contributed by atoms with Crippen molar-refractivity contribution in [2.24, 2.45) is 0 Å². The quantitative estimate of drug-likeness (QED) is 0.750. The third-order valence-corrected chi connectivity index (χ3v) is 5.03. The molecule has 5 nitrogen and oxygen atoms in total. The predicted octanol–water partition coefficient (Wildman–Crippen LogP) is 1.15. The summed E-state index contributed by atoms with van der Waals surface area (Å²) >= 11 is 3.36. The third kappa shape index (κ3) is 3.67. The van der Waals surface area contributed by atoms with Crippen LogP contribution in [0.3, 0.4) is 0 Å². The van der Waals surface area contributed by atoms with Gasteiger partial charge in [0, 0.05) is 16.6 Å². The molecule has 3 rings (SSSR count). The number of nitrogens with two attached hydrogens (primary N) is 1. The second kappa shape index (κ2) is 6.79. The van der Waals surface area contributed by atoms with Crippen LogP contribution >= 0.6 is 15.9 Å². The number of piperazine rings is 1. The summed E-state index contributed by atoms with van der Waals surface area (Å²) in [6.45, 7) is 0. The molecule has 2 aliphatic rings. The first-order valence-electron chi connectivity index (χ1n) is 7.82. The van der Waals surface area contributed by atoms with E-state index in [0.29, 0.717) is 6.04 Å². The van der Waals surface area contributed by atoms with E-state index in [0.717, 1.165) is 23.0 Å². The molecule has 1 heterocycles. The highest BCUT2D eigenvalue weighted by molar-refractivity contribution is 9.10. The molecule has 3 atom stereocenters. The van der Waals surface area contributed by atoms with Crippen LogP contribution in [-0.2, 0) is 9.59 Å². The Hall–Kier alpha value is -1.40. The number of quaternary nitrogens is 1. The van der Waals surface area contributed by atoms with E-state index >= 15 is 0 Å². The Morgan fingerprint density at radius 1 is 1.27 bits per heavy atom. The Balaban J connectivity index is 1.56. The number of carbonyl (C=O) groups is 2. The second-order valence-corrected chi connectivity index (χ2v) is 7.04. The molecule has 1 aromatic carbocycles. The van der Waals surface area contributed by atoms with Crippen LogP contribution in [0.1, 0.15) is 32.1 Å². The van der Waals surface area contributed by atoms with E-state index < -0.39 is 0 Å². The van der Waals surface area contributed by atoms with Crippen molar-refractivity contribution in [1.29, 1.82) is 0 Å². The summed E-state index contributed by atoms with van der Waals surface area (Å²) in [6, 6.07) is 7.83. The number of carbonyl (C=O) groups excluding carboxylic acids is 2. The Morgan fingerprint density at radius 2 is 2.00 bits per heavy atom. The standard InChI is InChI=1S/C16H20BrN3O2/c17-10-5-7-11(8-6-10)18-15(21)9-14-16(22)20-13-4-2-1-3-12(13)19-14/h5-8,12-14,19H,1-4,9H2,(H,18,21)(H,20,22)/p+1/t12-,13-,14-/m0/s1. The smallest absolute Gasteiger partial charge is 0.279 e. The Labute approximate surface area is 138 Å². The number of rotatable bonds is 3. The number of halogens is 1. The van der Waals surface area contributed by atoms with Crippen LogP contribution < -0.4 is 16.0 Å². The van der Waals surface area contributed by atoms with E-state index in [1.54, 1.807) is 0 Å². The zero-order valence-corrected chi connectivity index (χ0v) is 13.9. The monoisotopic (exact) mass is 366 g/mol. The summed E-state index contributed by atoms with van der Waals surface area (Å²) in [5.74, 6) is -0.123. The summed E-state index contributed by atoms with van der Waals surface area (Å²) in [6.07, 6.45) is 4.79. The first-order chi connectivity index (χ1) is 10.6. The van der Waals surface area contributed by atoms with Gasteiger partial charge in [0.05, 0.1) is 12.5 Å². The molecule has 0 unspecified atom stereocenters. The van der Waals surface area contributed by atoms with Gasteiger partial charge in [-0.1, -0.05) is 22.4 Å². The summed E-state index contributed by atoms with van der Waals surface area (Å²) in [7, 11) is 0. The molecule has 0 aromatic heterocycles. The summed E-state index contributed by atoms with van der Waals surface area (Å²) in [4.78, 5) is 24.3. The normalized spacial score (nSPS) is 27.7. The van der Waals surface area contributed by atoms with Crippen LogP contribution in [0.25, 0.3) is 0 Å². The number of anilines is 1. The van der Waals surface area contributed by atoms with Gasteiger partial charge in [0.2, 0.25) is 5.91 Å². The fraction of sp³-hybridized carbons (Fsp3) is 0.500. The molecular weight excluding hydrogens is 346 g/mol. The van der Waals surface area contributed by atoms with Gasteiger partial charge in [-0.25, -0.2) is 0 Å². The van der Waals surface area contributed by atoms with Crippen LogP contribution in [-0.4, -0.2) is 29.9 Å². The van der Waals surface area contributed by atoms with Gasteiger partial charge >= 0.3 is 0 Å². The molecule has 118 valence electrons. The molecule has 1 aromatic rings. The molecule has 1 aliphatic heterocycles. The maximum Gasteiger partial charge on any atom is 0.279 e. The van der Waals surface area contributed by atoms with Crippen molar-refractivity contribution >= 4 is 33.4 Å². The first-order valence-corrected chi connectivity index (χ1v) is 8.62. The second-order valence-electron chi connectivity index (χ2n) is 6.12. The van der Waals surface area contributed by atoms with Gasteiger partial charge in [-0.2, -0.15) is 0 Å². The lowest BCUT2D eigenvalue weighted by Crippen LogP contribution is -3.03. The number of benzene rings is 1. The molecule has 0 spiro atoms. The van der Waals surface area contributed by atoms with Crippen molar-refractivity contribution in [3.8, 4) is 0 Å². The Kier molecular flexibility index (Phi) is 4.78. The van der Waals surface area contributed by atoms with Crippen molar-refractivity contribution in [2.75, 3.05) is 5.32 Å². The number of hydrogen-bond acceptors (Lipinski definition) is 2. The van der Waals surface area contributed by atoms with E-state index in [1.165, 1.54) is 12.8 Å². The first kappa shape index (κ1) is 15.5. The fourth-order valence-electron chi connectivity index (χ4n) is 3.35. The lowest BCUT2D eigenvalue weighted by Gasteiger charge is -2.37. The molecule has 4 N–H and O–H groups in total. The number of fused-ring (bicyclic) bond motifs is 1. The van der Waals surface area contributed by atoms with E-state index in [2.05, 4.69) is 31.9 Å². The van der Waals surface area contributed by atoms with Crippen molar-refractivity contribution in [3.05, 3.63) is 28.7 Å². The maximum absolute atomic E-state index is 12.2. The molecule has 1 saturated heterocycles. The van der Waals surface area contributed by atoms with E-state index in [1.807, 2.05) is 24.3 Å². The van der Waals surface area contributed by atoms with Crippen molar-refractivity contribution in [2.45, 2.75) is 50.2 Å². The molecular formula is C16H21BrN3O2+. The van der Waals surface area contributed by atoms with Gasteiger partial charge in [0.15, 0.2) is 6.04 Å². The average molecular weight is 367 g/mol. The van der Waals surface area contributed by atoms with Crippen molar-refractivity contribution in [1.82, 2.24) is 5.32 Å². The minimum Gasteiger partial charge on any atom is -0.342 e. The third-order valence-electron chi connectivity index (χ3n) is 4.50. The van der Waals surface area contributed by atoms with Gasteiger partial charge < -0.3 is 16.0 Å². The maximum atomic E-state index is 12.2. The minimum atomic E-state index is -0.310. The zero-order valence-electron chi connectivity index (χ0n) is 12.3. The molecule has 22 heavy (non-hydrogen) atoms.